The van der Waals surface area contributed by atoms with Crippen LogP contribution in [-0.2, 0) is 4.74 Å². The summed E-state index contributed by atoms with van der Waals surface area (Å²) in [6.07, 6.45) is 0. The lowest BCUT2D eigenvalue weighted by molar-refractivity contribution is 0.0591. The summed E-state index contributed by atoms with van der Waals surface area (Å²) in [7, 11) is 1.31. The molecular formula is C15H11FN2O2. The van der Waals surface area contributed by atoms with Crippen LogP contribution in [0.5, 0.6) is 0 Å². The van der Waals surface area contributed by atoms with E-state index in [4.69, 9.17) is 4.74 Å². The molecular weight excluding hydrogens is 259 g/mol. The molecule has 3 rings (SSSR count). The van der Waals surface area contributed by atoms with Gasteiger partial charge in [-0.2, -0.15) is 5.10 Å². The average molecular weight is 270 g/mol. The number of benzene rings is 1. The van der Waals surface area contributed by atoms with Gasteiger partial charge in [0.15, 0.2) is 5.69 Å². The van der Waals surface area contributed by atoms with Crippen molar-refractivity contribution >= 4 is 11.5 Å². The summed E-state index contributed by atoms with van der Waals surface area (Å²) in [5, 5.41) is 4.31. The molecule has 100 valence electrons. The molecule has 0 amide bonds. The zero-order valence-electron chi connectivity index (χ0n) is 10.7. The Kier molecular flexibility index (Phi) is 2.95. The maximum atomic E-state index is 13.8. The van der Waals surface area contributed by atoms with E-state index in [0.717, 1.165) is 5.52 Å². The lowest BCUT2D eigenvalue weighted by Gasteiger charge is -2.05. The predicted molar refractivity (Wildman–Crippen MR) is 71.9 cm³/mol. The molecule has 0 aliphatic rings. The molecule has 0 fully saturated rings. The van der Waals surface area contributed by atoms with Crippen molar-refractivity contribution < 1.29 is 13.9 Å². The molecule has 2 aromatic heterocycles. The van der Waals surface area contributed by atoms with E-state index >= 15 is 0 Å². The van der Waals surface area contributed by atoms with Crippen molar-refractivity contribution in [3.8, 4) is 11.3 Å². The van der Waals surface area contributed by atoms with Gasteiger partial charge in [-0.15, -0.1) is 0 Å². The third kappa shape index (κ3) is 1.93. The molecule has 0 saturated carbocycles. The summed E-state index contributed by atoms with van der Waals surface area (Å²) >= 11 is 0. The monoisotopic (exact) mass is 270 g/mol. The molecule has 0 unspecified atom stereocenters. The Morgan fingerprint density at radius 3 is 2.65 bits per heavy atom. The van der Waals surface area contributed by atoms with Crippen molar-refractivity contribution in [2.45, 2.75) is 0 Å². The number of carbonyl (C=O) groups is 1. The van der Waals surface area contributed by atoms with Crippen LogP contribution in [0.3, 0.4) is 0 Å². The number of hydrogen-bond acceptors (Lipinski definition) is 3. The van der Waals surface area contributed by atoms with Crippen molar-refractivity contribution in [2.24, 2.45) is 0 Å². The fourth-order valence-corrected chi connectivity index (χ4v) is 2.06. The first-order valence-electron chi connectivity index (χ1n) is 6.03. The number of halogens is 1. The smallest absolute Gasteiger partial charge is 0.356 e. The van der Waals surface area contributed by atoms with Gasteiger partial charge in [0.1, 0.15) is 5.82 Å². The number of rotatable bonds is 2. The van der Waals surface area contributed by atoms with Gasteiger partial charge in [-0.3, -0.25) is 0 Å². The van der Waals surface area contributed by atoms with Gasteiger partial charge in [-0.1, -0.05) is 12.1 Å². The third-order valence-electron chi connectivity index (χ3n) is 3.05. The van der Waals surface area contributed by atoms with Crippen molar-refractivity contribution in [3.63, 3.8) is 0 Å². The van der Waals surface area contributed by atoms with E-state index in [1.807, 2.05) is 0 Å². The van der Waals surface area contributed by atoms with E-state index in [9.17, 15) is 9.18 Å². The highest BCUT2D eigenvalue weighted by Crippen LogP contribution is 2.21. The minimum Gasteiger partial charge on any atom is -0.464 e. The molecule has 3 aromatic rings. The Bertz CT molecular complexity index is 795. The molecule has 0 aliphatic heterocycles. The second kappa shape index (κ2) is 4.77. The number of nitrogens with zero attached hydrogens (tertiary/aromatic N) is 2. The molecule has 0 N–H and O–H groups in total. The second-order valence-electron chi connectivity index (χ2n) is 4.25. The number of aromatic nitrogens is 2. The molecule has 0 spiro atoms. The lowest BCUT2D eigenvalue weighted by Crippen LogP contribution is -2.08. The van der Waals surface area contributed by atoms with Crippen molar-refractivity contribution in [2.75, 3.05) is 7.11 Å². The van der Waals surface area contributed by atoms with Crippen LogP contribution in [0.4, 0.5) is 4.39 Å². The van der Waals surface area contributed by atoms with Crippen LogP contribution < -0.4 is 0 Å². The molecule has 0 bridgehead atoms. The summed E-state index contributed by atoms with van der Waals surface area (Å²) in [6, 6.07) is 13.2. The largest absolute Gasteiger partial charge is 0.464 e. The van der Waals surface area contributed by atoms with Gasteiger partial charge in [-0.25, -0.2) is 13.7 Å². The predicted octanol–water partition coefficient (Wildman–Crippen LogP) is 2.93. The molecule has 0 radical (unpaired) electrons. The highest BCUT2D eigenvalue weighted by molar-refractivity contribution is 5.89. The van der Waals surface area contributed by atoms with Crippen LogP contribution in [-0.4, -0.2) is 22.7 Å². The Balaban J connectivity index is 2.19. The topological polar surface area (TPSA) is 43.6 Å². The number of carbonyl (C=O) groups excluding carboxylic acids is 1. The maximum Gasteiger partial charge on any atom is 0.356 e. The number of methoxy groups -OCH3 is 1. The lowest BCUT2D eigenvalue weighted by atomic mass is 10.1. The number of esters is 1. The minimum atomic E-state index is -0.483. The van der Waals surface area contributed by atoms with Crippen LogP contribution in [0.15, 0.2) is 48.5 Å². The molecule has 4 nitrogen and oxygen atoms in total. The zero-order chi connectivity index (χ0) is 14.1. The van der Waals surface area contributed by atoms with Crippen LogP contribution >= 0.6 is 0 Å². The van der Waals surface area contributed by atoms with Gasteiger partial charge in [0.05, 0.1) is 18.3 Å². The second-order valence-corrected chi connectivity index (χ2v) is 4.25. The minimum absolute atomic E-state index is 0.306. The van der Waals surface area contributed by atoms with E-state index in [0.29, 0.717) is 17.0 Å². The summed E-state index contributed by atoms with van der Waals surface area (Å²) < 4.78 is 19.9. The van der Waals surface area contributed by atoms with E-state index in [1.54, 1.807) is 42.5 Å². The quantitative estimate of drug-likeness (QED) is 0.672. The molecule has 0 saturated heterocycles. The SMILES string of the molecule is COC(=O)c1ccc2ccc(-c3ccccc3F)nn12. The van der Waals surface area contributed by atoms with Gasteiger partial charge >= 0.3 is 5.97 Å². The molecule has 1 aromatic carbocycles. The first kappa shape index (κ1) is 12.3. The van der Waals surface area contributed by atoms with Crippen LogP contribution in [0.25, 0.3) is 16.8 Å². The maximum absolute atomic E-state index is 13.8. The summed E-state index contributed by atoms with van der Waals surface area (Å²) in [6.45, 7) is 0. The fraction of sp³-hybridized carbons (Fsp3) is 0.0667. The first-order valence-corrected chi connectivity index (χ1v) is 6.03. The highest BCUT2D eigenvalue weighted by atomic mass is 19.1. The van der Waals surface area contributed by atoms with Crippen molar-refractivity contribution in [3.05, 3.63) is 60.0 Å². The van der Waals surface area contributed by atoms with Gasteiger partial charge in [0, 0.05) is 5.56 Å². The van der Waals surface area contributed by atoms with Crippen molar-refractivity contribution in [1.29, 1.82) is 0 Å². The van der Waals surface area contributed by atoms with E-state index in [2.05, 4.69) is 5.10 Å². The van der Waals surface area contributed by atoms with Gasteiger partial charge in [-0.05, 0) is 36.4 Å². The number of fused-ring (bicyclic) bond motifs is 1. The Morgan fingerprint density at radius 2 is 1.90 bits per heavy atom. The van der Waals surface area contributed by atoms with Gasteiger partial charge in [0.2, 0.25) is 0 Å². The van der Waals surface area contributed by atoms with Crippen LogP contribution in [0, 0.1) is 5.82 Å². The summed E-state index contributed by atoms with van der Waals surface area (Å²) in [4.78, 5) is 11.6. The standard InChI is InChI=1S/C15H11FN2O2/c1-20-15(19)14-9-7-10-6-8-13(17-18(10)14)11-4-2-3-5-12(11)16/h2-9H,1H3. The molecule has 20 heavy (non-hydrogen) atoms. The number of ether oxygens (including phenoxy) is 1. The highest BCUT2D eigenvalue weighted by Gasteiger charge is 2.13. The number of hydrogen-bond donors (Lipinski definition) is 0. The summed E-state index contributed by atoms with van der Waals surface area (Å²) in [5.41, 5.74) is 1.89. The van der Waals surface area contributed by atoms with Crippen molar-refractivity contribution in [1.82, 2.24) is 9.61 Å². The molecule has 0 aliphatic carbocycles. The first-order chi connectivity index (χ1) is 9.70. The van der Waals surface area contributed by atoms with Crippen LogP contribution in [0.1, 0.15) is 10.5 Å². The van der Waals surface area contributed by atoms with E-state index < -0.39 is 5.97 Å². The fourth-order valence-electron chi connectivity index (χ4n) is 2.06. The zero-order valence-corrected chi connectivity index (χ0v) is 10.7. The summed E-state index contributed by atoms with van der Waals surface area (Å²) in [5.74, 6) is -0.839. The van der Waals surface area contributed by atoms with Gasteiger partial charge < -0.3 is 4.74 Å². The van der Waals surface area contributed by atoms with E-state index in [1.165, 1.54) is 17.7 Å². The average Bonchev–Trinajstić information content (AvgIpc) is 2.90. The van der Waals surface area contributed by atoms with Gasteiger partial charge in [0.25, 0.3) is 0 Å². The van der Waals surface area contributed by atoms with E-state index in [-0.39, 0.29) is 5.82 Å². The molecule has 2 heterocycles. The Labute approximate surface area is 114 Å². The third-order valence-corrected chi connectivity index (χ3v) is 3.05. The Hall–Kier alpha value is -2.69. The molecule has 5 heteroatoms. The molecule has 0 atom stereocenters. The van der Waals surface area contributed by atoms with Crippen LogP contribution in [0.2, 0.25) is 0 Å². The Morgan fingerprint density at radius 1 is 1.15 bits per heavy atom. The normalized spacial score (nSPS) is 10.7.